The van der Waals surface area contributed by atoms with Crippen LogP contribution in [0.25, 0.3) is 24.3 Å². The highest BCUT2D eigenvalue weighted by Crippen LogP contribution is 2.28. The van der Waals surface area contributed by atoms with Crippen LogP contribution >= 0.6 is 22.7 Å². The van der Waals surface area contributed by atoms with Crippen molar-refractivity contribution in [3.63, 3.8) is 0 Å². The van der Waals surface area contributed by atoms with Crippen LogP contribution in [0.1, 0.15) is 36.8 Å². The van der Waals surface area contributed by atoms with Crippen molar-refractivity contribution in [3.05, 3.63) is 115 Å². The minimum Gasteiger partial charge on any atom is -0.287 e. The molecular formula is C25H16F2OS2. The van der Waals surface area contributed by atoms with Crippen molar-refractivity contribution in [2.75, 3.05) is 0 Å². The SMILES string of the molecule is O=C(c1sccc1C=Cc1cccc(F)c1)c1sccc1C=Cc1cccc(F)c1. The maximum atomic E-state index is 13.4. The summed E-state index contributed by atoms with van der Waals surface area (Å²) in [6, 6.07) is 16.4. The molecule has 0 unspecified atom stereocenters. The number of halogens is 2. The lowest BCUT2D eigenvalue weighted by atomic mass is 10.1. The number of thiophene rings is 2. The van der Waals surface area contributed by atoms with Crippen molar-refractivity contribution in [3.8, 4) is 0 Å². The molecule has 30 heavy (non-hydrogen) atoms. The van der Waals surface area contributed by atoms with E-state index >= 15 is 0 Å². The summed E-state index contributed by atoms with van der Waals surface area (Å²) in [6.07, 6.45) is 7.24. The van der Waals surface area contributed by atoms with E-state index in [-0.39, 0.29) is 17.4 Å². The van der Waals surface area contributed by atoms with E-state index < -0.39 is 0 Å². The van der Waals surface area contributed by atoms with Crippen LogP contribution in [0.3, 0.4) is 0 Å². The molecule has 4 rings (SSSR count). The van der Waals surface area contributed by atoms with Crippen LogP contribution in [0.5, 0.6) is 0 Å². The molecule has 1 nitrogen and oxygen atoms in total. The molecule has 2 aromatic carbocycles. The monoisotopic (exact) mass is 434 g/mol. The molecule has 0 atom stereocenters. The molecule has 0 fully saturated rings. The Morgan fingerprint density at radius 3 is 1.57 bits per heavy atom. The molecule has 0 saturated carbocycles. The molecular weight excluding hydrogens is 418 g/mol. The highest BCUT2D eigenvalue weighted by atomic mass is 32.1. The van der Waals surface area contributed by atoms with Crippen LogP contribution in [-0.2, 0) is 0 Å². The summed E-state index contributed by atoms with van der Waals surface area (Å²) < 4.78 is 26.8. The van der Waals surface area contributed by atoms with Crippen LogP contribution < -0.4 is 0 Å². The Balaban J connectivity index is 1.58. The average Bonchev–Trinajstić information content (AvgIpc) is 3.40. The highest BCUT2D eigenvalue weighted by Gasteiger charge is 2.18. The molecule has 2 heterocycles. The van der Waals surface area contributed by atoms with E-state index in [1.807, 2.05) is 47.2 Å². The van der Waals surface area contributed by atoms with E-state index in [9.17, 15) is 13.6 Å². The van der Waals surface area contributed by atoms with Gasteiger partial charge in [-0.2, -0.15) is 0 Å². The zero-order valence-electron chi connectivity index (χ0n) is 15.7. The van der Waals surface area contributed by atoms with Gasteiger partial charge in [-0.1, -0.05) is 48.6 Å². The lowest BCUT2D eigenvalue weighted by Gasteiger charge is -2.01. The largest absolute Gasteiger partial charge is 0.287 e. The number of carbonyl (C=O) groups excluding carboxylic acids is 1. The van der Waals surface area contributed by atoms with E-state index in [4.69, 9.17) is 0 Å². The Labute approximate surface area is 181 Å². The molecule has 0 N–H and O–H groups in total. The van der Waals surface area contributed by atoms with Gasteiger partial charge in [0, 0.05) is 0 Å². The molecule has 0 saturated heterocycles. The van der Waals surface area contributed by atoms with E-state index in [0.717, 1.165) is 22.3 Å². The molecule has 0 aliphatic carbocycles. The zero-order chi connectivity index (χ0) is 20.9. The maximum absolute atomic E-state index is 13.4. The van der Waals surface area contributed by atoms with Crippen molar-refractivity contribution in [2.24, 2.45) is 0 Å². The van der Waals surface area contributed by atoms with Gasteiger partial charge in [-0.15, -0.1) is 22.7 Å². The topological polar surface area (TPSA) is 17.1 Å². The van der Waals surface area contributed by atoms with E-state index in [1.54, 1.807) is 24.3 Å². The van der Waals surface area contributed by atoms with Crippen LogP contribution in [-0.4, -0.2) is 5.78 Å². The molecule has 5 heteroatoms. The standard InChI is InChI=1S/C25H16F2OS2/c26-21-5-1-3-17(15-21)7-9-19-11-13-29-24(19)23(28)25-20(12-14-30-25)10-8-18-4-2-6-22(27)16-18/h1-16H. The van der Waals surface area contributed by atoms with Gasteiger partial charge in [0.1, 0.15) is 11.6 Å². The molecule has 2 aromatic heterocycles. The number of benzene rings is 2. The minimum absolute atomic E-state index is 0.0576. The predicted molar refractivity (Wildman–Crippen MR) is 123 cm³/mol. The van der Waals surface area contributed by atoms with Crippen molar-refractivity contribution in [2.45, 2.75) is 0 Å². The fourth-order valence-corrected chi connectivity index (χ4v) is 4.69. The summed E-state index contributed by atoms with van der Waals surface area (Å²) in [5, 5.41) is 3.74. The van der Waals surface area contributed by atoms with Crippen LogP contribution in [0, 0.1) is 11.6 Å². The third-order valence-corrected chi connectivity index (χ3v) is 6.27. The number of hydrogen-bond acceptors (Lipinski definition) is 3. The van der Waals surface area contributed by atoms with E-state index in [0.29, 0.717) is 9.75 Å². The van der Waals surface area contributed by atoms with E-state index in [1.165, 1.54) is 46.9 Å². The van der Waals surface area contributed by atoms with Crippen molar-refractivity contribution < 1.29 is 13.6 Å². The second-order valence-corrected chi connectivity index (χ2v) is 8.35. The maximum Gasteiger partial charge on any atom is 0.214 e. The van der Waals surface area contributed by atoms with Crippen LogP contribution in [0.15, 0.2) is 71.4 Å². The number of hydrogen-bond donors (Lipinski definition) is 0. The van der Waals surface area contributed by atoms with Gasteiger partial charge in [-0.3, -0.25) is 4.79 Å². The smallest absolute Gasteiger partial charge is 0.214 e. The van der Waals surface area contributed by atoms with E-state index in [2.05, 4.69) is 0 Å². The summed E-state index contributed by atoms with van der Waals surface area (Å²) in [7, 11) is 0. The summed E-state index contributed by atoms with van der Waals surface area (Å²) in [5.74, 6) is -0.656. The van der Waals surface area contributed by atoms with Crippen LogP contribution in [0.4, 0.5) is 8.78 Å². The first kappa shape index (κ1) is 20.1. The molecule has 148 valence electrons. The zero-order valence-corrected chi connectivity index (χ0v) is 17.4. The Morgan fingerprint density at radius 2 is 1.13 bits per heavy atom. The Morgan fingerprint density at radius 1 is 0.667 bits per heavy atom. The van der Waals surface area contributed by atoms with Gasteiger partial charge >= 0.3 is 0 Å². The predicted octanol–water partition coefficient (Wildman–Crippen LogP) is 7.66. The number of rotatable bonds is 6. The molecule has 0 radical (unpaired) electrons. The Bertz CT molecular complexity index is 1150. The Kier molecular flexibility index (Phi) is 6.12. The second-order valence-electron chi connectivity index (χ2n) is 6.52. The lowest BCUT2D eigenvalue weighted by Crippen LogP contribution is -1.99. The fourth-order valence-electron chi connectivity index (χ4n) is 2.97. The van der Waals surface area contributed by atoms with Gasteiger partial charge in [0.05, 0.1) is 9.75 Å². The second kappa shape index (κ2) is 9.11. The van der Waals surface area contributed by atoms with Gasteiger partial charge in [0.25, 0.3) is 0 Å². The average molecular weight is 435 g/mol. The van der Waals surface area contributed by atoms with Crippen LogP contribution in [0.2, 0.25) is 0 Å². The van der Waals surface area contributed by atoms with Gasteiger partial charge < -0.3 is 0 Å². The van der Waals surface area contributed by atoms with Gasteiger partial charge in [0.2, 0.25) is 5.78 Å². The first-order valence-corrected chi connectivity index (χ1v) is 10.9. The summed E-state index contributed by atoms with van der Waals surface area (Å²) in [5.41, 5.74) is 3.05. The number of ketones is 1. The quantitative estimate of drug-likeness (QED) is 0.285. The van der Waals surface area contributed by atoms with Crippen molar-refractivity contribution in [1.29, 1.82) is 0 Å². The molecule has 0 aliphatic heterocycles. The summed E-state index contributed by atoms with van der Waals surface area (Å²) >= 11 is 2.75. The minimum atomic E-state index is -0.299. The molecule has 0 spiro atoms. The lowest BCUT2D eigenvalue weighted by molar-refractivity contribution is 0.104. The van der Waals surface area contributed by atoms with Gasteiger partial charge in [0.15, 0.2) is 0 Å². The van der Waals surface area contributed by atoms with Crippen molar-refractivity contribution >= 4 is 52.8 Å². The third kappa shape index (κ3) is 4.70. The molecule has 0 amide bonds. The van der Waals surface area contributed by atoms with Gasteiger partial charge in [-0.25, -0.2) is 8.78 Å². The third-order valence-electron chi connectivity index (χ3n) is 4.41. The molecule has 4 aromatic rings. The molecule has 0 bridgehead atoms. The normalized spacial score (nSPS) is 11.5. The summed E-state index contributed by atoms with van der Waals surface area (Å²) in [6.45, 7) is 0. The summed E-state index contributed by atoms with van der Waals surface area (Å²) in [4.78, 5) is 14.4. The highest BCUT2D eigenvalue weighted by molar-refractivity contribution is 7.16. The van der Waals surface area contributed by atoms with Gasteiger partial charge in [-0.05, 0) is 69.4 Å². The Hall–Kier alpha value is -3.15. The van der Waals surface area contributed by atoms with Crippen molar-refractivity contribution in [1.82, 2.24) is 0 Å². The first-order valence-electron chi connectivity index (χ1n) is 9.17. The fraction of sp³-hybridized carbons (Fsp3) is 0. The molecule has 0 aliphatic rings. The first-order chi connectivity index (χ1) is 14.6. The number of carbonyl (C=O) groups is 1.